The fraction of sp³-hybridized carbons (Fsp3) is 0. The van der Waals surface area contributed by atoms with Crippen molar-refractivity contribution < 1.29 is 20.1 Å². The largest absolute Gasteiger partial charge is 3.00 e. The molecule has 7 rings (SSSR count). The maximum absolute atomic E-state index is 4.43. The fourth-order valence-electron chi connectivity index (χ4n) is 5.23. The van der Waals surface area contributed by atoms with Crippen molar-refractivity contribution in [3.8, 4) is 33.8 Å². The maximum Gasteiger partial charge on any atom is 3.00 e. The van der Waals surface area contributed by atoms with Crippen LogP contribution in [0.15, 0.2) is 146 Å². The molecule has 0 aliphatic heterocycles. The molecule has 3 heterocycles. The van der Waals surface area contributed by atoms with E-state index < -0.39 is 0 Å². The van der Waals surface area contributed by atoms with Crippen LogP contribution in [0, 0.1) is 18.2 Å². The molecule has 49 heavy (non-hydrogen) atoms. The third kappa shape index (κ3) is 8.97. The zero-order valence-electron chi connectivity index (χ0n) is 26.5. The summed E-state index contributed by atoms with van der Waals surface area (Å²) in [6, 6.07) is 52.9. The Hall–Kier alpha value is -5.80. The van der Waals surface area contributed by atoms with Crippen molar-refractivity contribution in [3.05, 3.63) is 198 Å². The monoisotopic (exact) mass is 805 g/mol. The summed E-state index contributed by atoms with van der Waals surface area (Å²) >= 11 is 0. The van der Waals surface area contributed by atoms with Gasteiger partial charge >= 0.3 is 20.1 Å². The van der Waals surface area contributed by atoms with E-state index in [2.05, 4.69) is 124 Å². The average Bonchev–Trinajstić information content (AvgIpc) is 3.17. The molecule has 0 unspecified atom stereocenters. The quantitative estimate of drug-likeness (QED) is 0.108. The van der Waals surface area contributed by atoms with Crippen molar-refractivity contribution in [3.63, 3.8) is 0 Å². The zero-order valence-corrected chi connectivity index (χ0v) is 28.9. The first-order valence-electron chi connectivity index (χ1n) is 15.7. The molecule has 0 saturated heterocycles. The molecule has 4 heteroatoms. The second-order valence-electron chi connectivity index (χ2n) is 11.2. The van der Waals surface area contributed by atoms with Gasteiger partial charge in [-0.05, 0) is 70.2 Å². The van der Waals surface area contributed by atoms with E-state index in [4.69, 9.17) is 0 Å². The van der Waals surface area contributed by atoms with Gasteiger partial charge in [-0.2, -0.15) is 0 Å². The van der Waals surface area contributed by atoms with Crippen LogP contribution in [0.4, 0.5) is 0 Å². The minimum Gasteiger partial charge on any atom is -0.305 e. The predicted octanol–water partition coefficient (Wildman–Crippen LogP) is 10.8. The van der Waals surface area contributed by atoms with E-state index in [9.17, 15) is 0 Å². The third-order valence-corrected chi connectivity index (χ3v) is 7.74. The maximum atomic E-state index is 4.43. The van der Waals surface area contributed by atoms with Gasteiger partial charge in [0, 0.05) is 18.6 Å². The van der Waals surface area contributed by atoms with Gasteiger partial charge < -0.3 is 15.0 Å². The van der Waals surface area contributed by atoms with Crippen LogP contribution in [-0.4, -0.2) is 15.0 Å². The number of pyridine rings is 3. The van der Waals surface area contributed by atoms with Crippen LogP contribution in [-0.2, 0) is 20.1 Å². The van der Waals surface area contributed by atoms with Crippen LogP contribution in [0.1, 0.15) is 33.4 Å². The van der Waals surface area contributed by atoms with Crippen molar-refractivity contribution >= 4 is 36.5 Å². The second-order valence-corrected chi connectivity index (χ2v) is 11.2. The van der Waals surface area contributed by atoms with E-state index in [1.54, 1.807) is 18.6 Å². The Morgan fingerprint density at radius 2 is 0.653 bits per heavy atom. The molecule has 0 spiro atoms. The zero-order chi connectivity index (χ0) is 32.4. The van der Waals surface area contributed by atoms with Crippen molar-refractivity contribution in [2.24, 2.45) is 0 Å². The van der Waals surface area contributed by atoms with E-state index in [-0.39, 0.29) is 20.1 Å². The van der Waals surface area contributed by atoms with E-state index in [0.717, 1.165) is 67.2 Å². The van der Waals surface area contributed by atoms with Crippen molar-refractivity contribution in [1.82, 2.24) is 15.0 Å². The van der Waals surface area contributed by atoms with E-state index in [1.807, 2.05) is 72.8 Å². The summed E-state index contributed by atoms with van der Waals surface area (Å²) in [5.74, 6) is 0. The molecule has 0 bridgehead atoms. The molecule has 0 aliphatic carbocycles. The van der Waals surface area contributed by atoms with Crippen LogP contribution < -0.4 is 0 Å². The number of hydrogen-bond donors (Lipinski definition) is 0. The van der Waals surface area contributed by atoms with Gasteiger partial charge in [0.2, 0.25) is 0 Å². The minimum atomic E-state index is 0. The van der Waals surface area contributed by atoms with Gasteiger partial charge in [-0.25, -0.2) is 0 Å². The predicted molar refractivity (Wildman–Crippen MR) is 199 cm³/mol. The molecule has 0 fully saturated rings. The third-order valence-electron chi connectivity index (χ3n) is 7.74. The van der Waals surface area contributed by atoms with E-state index in [0.29, 0.717) is 0 Å². The van der Waals surface area contributed by atoms with E-state index in [1.165, 1.54) is 0 Å². The molecule has 0 N–H and O–H groups in total. The molecule has 234 valence electrons. The fourth-order valence-corrected chi connectivity index (χ4v) is 5.23. The van der Waals surface area contributed by atoms with Crippen LogP contribution in [0.25, 0.3) is 70.2 Å². The smallest absolute Gasteiger partial charge is 0.305 e. The van der Waals surface area contributed by atoms with Crippen LogP contribution in [0.3, 0.4) is 0 Å². The number of benzene rings is 4. The molecule has 3 aromatic heterocycles. The van der Waals surface area contributed by atoms with Crippen LogP contribution >= 0.6 is 0 Å². The Labute approximate surface area is 301 Å². The number of rotatable bonds is 9. The molecule has 0 aliphatic rings. The molecule has 0 saturated carbocycles. The average molecular weight is 805 g/mol. The van der Waals surface area contributed by atoms with Gasteiger partial charge in [0.25, 0.3) is 0 Å². The molecule has 4 aromatic carbocycles. The first-order chi connectivity index (χ1) is 23.7. The Balaban J connectivity index is 0.00000417. The summed E-state index contributed by atoms with van der Waals surface area (Å²) in [4.78, 5) is 13.3. The van der Waals surface area contributed by atoms with Gasteiger partial charge in [-0.15, -0.1) is 106 Å². The number of hydrogen-bond acceptors (Lipinski definition) is 3. The van der Waals surface area contributed by atoms with Crippen molar-refractivity contribution in [2.45, 2.75) is 0 Å². The summed E-state index contributed by atoms with van der Waals surface area (Å²) in [5, 5.41) is 0. The molecular weight excluding hydrogens is 775 g/mol. The Kier molecular flexibility index (Phi) is 11.0. The molecule has 7 aromatic rings. The Bertz CT molecular complexity index is 1910. The second kappa shape index (κ2) is 16.3. The standard InChI is InChI=1S/C45H30N3.Ir/c1-4-28-46-43(7-1)40-22-16-34(17-23-40)10-13-37-31-38(14-11-35-18-24-41(25-19-35)44-8-2-5-29-47-44)33-39(32-37)15-12-36-20-26-42(27-21-36)45-9-3-6-30-48-45;/h1-22,24,26,28-33H;/q-3;+3/b13-10-,14-11-,15-12-;. The van der Waals surface area contributed by atoms with Crippen LogP contribution in [0.2, 0.25) is 0 Å². The van der Waals surface area contributed by atoms with Gasteiger partial charge in [0.1, 0.15) is 0 Å². The number of nitrogens with zero attached hydrogens (tertiary/aromatic N) is 3. The molecular formula is C45H30IrN3. The SMILES string of the molecule is [Ir+3].[c-]1cc(/C=C\c2cc(/C=C\c3c[c-]c(-c4ccccn4)cc3)cc(/C=C\c3c[c-]c(-c4ccccn4)cc3)c2)ccc1-c1ccccn1. The molecule has 0 atom stereocenters. The Morgan fingerprint density at radius 3 is 0.898 bits per heavy atom. The normalized spacial score (nSPS) is 11.3. The van der Waals surface area contributed by atoms with Gasteiger partial charge in [0.05, 0.1) is 0 Å². The summed E-state index contributed by atoms with van der Waals surface area (Å²) < 4.78 is 0. The number of aromatic nitrogens is 3. The van der Waals surface area contributed by atoms with Crippen molar-refractivity contribution in [1.29, 1.82) is 0 Å². The minimum absolute atomic E-state index is 0. The van der Waals surface area contributed by atoms with E-state index >= 15 is 0 Å². The van der Waals surface area contributed by atoms with Gasteiger partial charge in [0.15, 0.2) is 0 Å². The summed E-state index contributed by atoms with van der Waals surface area (Å²) in [7, 11) is 0. The first-order valence-corrected chi connectivity index (χ1v) is 15.7. The first kappa shape index (κ1) is 33.1. The molecule has 0 radical (unpaired) electrons. The summed E-state index contributed by atoms with van der Waals surface area (Å²) in [6.45, 7) is 0. The summed E-state index contributed by atoms with van der Waals surface area (Å²) in [5.41, 5.74) is 12.2. The topological polar surface area (TPSA) is 38.7 Å². The van der Waals surface area contributed by atoms with Crippen molar-refractivity contribution in [2.75, 3.05) is 0 Å². The molecule has 3 nitrogen and oxygen atoms in total. The summed E-state index contributed by atoms with van der Waals surface area (Å²) in [6.07, 6.45) is 18.2. The van der Waals surface area contributed by atoms with Gasteiger partial charge in [-0.1, -0.05) is 72.9 Å². The Morgan fingerprint density at radius 1 is 0.347 bits per heavy atom. The molecule has 0 amide bonds. The van der Waals surface area contributed by atoms with Gasteiger partial charge in [-0.3, -0.25) is 0 Å². The van der Waals surface area contributed by atoms with Crippen LogP contribution in [0.5, 0.6) is 0 Å².